The topological polar surface area (TPSA) is 68.0 Å². The number of rotatable bonds is 5. The van der Waals surface area contributed by atoms with Crippen LogP contribution in [0.4, 0.5) is 4.39 Å². The van der Waals surface area contributed by atoms with E-state index in [4.69, 9.17) is 4.52 Å². The van der Waals surface area contributed by atoms with Gasteiger partial charge in [-0.05, 0) is 43.4 Å². The minimum atomic E-state index is -0.521. The smallest absolute Gasteiger partial charge is 0.246 e. The van der Waals surface area contributed by atoms with Gasteiger partial charge in [-0.2, -0.15) is 4.98 Å². The third-order valence-electron chi connectivity index (χ3n) is 4.41. The van der Waals surface area contributed by atoms with Crippen LogP contribution in [-0.4, -0.2) is 16.0 Å². The third-order valence-corrected chi connectivity index (χ3v) is 4.41. The molecular weight excluding hydrogens is 285 g/mol. The summed E-state index contributed by atoms with van der Waals surface area (Å²) < 4.78 is 18.2. The summed E-state index contributed by atoms with van der Waals surface area (Å²) in [7, 11) is 0. The monoisotopic (exact) mass is 301 g/mol. The van der Waals surface area contributed by atoms with Gasteiger partial charge in [-0.15, -0.1) is 0 Å². The second kappa shape index (κ2) is 4.90. The number of aromatic nitrogens is 2. The quantitative estimate of drug-likeness (QED) is 0.921. The minimum Gasteiger partial charge on any atom is -0.346 e. The van der Waals surface area contributed by atoms with Crippen LogP contribution >= 0.6 is 0 Å². The van der Waals surface area contributed by atoms with Crippen LogP contribution in [0.1, 0.15) is 48.9 Å². The van der Waals surface area contributed by atoms with Gasteiger partial charge in [0.05, 0.1) is 12.0 Å². The molecule has 4 rings (SSSR count). The Bertz CT molecular complexity index is 702. The van der Waals surface area contributed by atoms with Gasteiger partial charge in [0, 0.05) is 5.92 Å². The number of benzene rings is 1. The molecule has 2 saturated carbocycles. The Hall–Kier alpha value is -2.24. The highest BCUT2D eigenvalue weighted by Crippen LogP contribution is 2.48. The molecule has 1 heterocycles. The standard InChI is InChI=1S/C16H16FN3O2/c17-12-5-3-11(4-6-12)16(7-8-16)15(21)18-9-13-19-14(20-22-13)10-1-2-10/h3-6,10H,1-2,7-9H2,(H,18,21). The van der Waals surface area contributed by atoms with Crippen molar-refractivity contribution >= 4 is 5.91 Å². The maximum atomic E-state index is 13.0. The van der Waals surface area contributed by atoms with E-state index in [9.17, 15) is 9.18 Å². The van der Waals surface area contributed by atoms with Crippen molar-refractivity contribution < 1.29 is 13.7 Å². The largest absolute Gasteiger partial charge is 0.346 e. The molecule has 0 saturated heterocycles. The lowest BCUT2D eigenvalue weighted by Crippen LogP contribution is -2.34. The van der Waals surface area contributed by atoms with Crippen LogP contribution in [-0.2, 0) is 16.8 Å². The molecule has 0 bridgehead atoms. The fraction of sp³-hybridized carbons (Fsp3) is 0.438. The molecule has 1 aromatic heterocycles. The van der Waals surface area contributed by atoms with E-state index in [1.165, 1.54) is 12.1 Å². The first-order valence-electron chi connectivity index (χ1n) is 7.54. The first kappa shape index (κ1) is 13.4. The predicted molar refractivity (Wildman–Crippen MR) is 75.4 cm³/mol. The van der Waals surface area contributed by atoms with E-state index in [1.807, 2.05) is 0 Å². The van der Waals surface area contributed by atoms with Gasteiger partial charge in [0.15, 0.2) is 5.82 Å². The Morgan fingerprint density at radius 1 is 1.32 bits per heavy atom. The van der Waals surface area contributed by atoms with Gasteiger partial charge in [0.25, 0.3) is 0 Å². The molecule has 22 heavy (non-hydrogen) atoms. The lowest BCUT2D eigenvalue weighted by molar-refractivity contribution is -0.123. The maximum absolute atomic E-state index is 13.0. The van der Waals surface area contributed by atoms with Gasteiger partial charge in [-0.3, -0.25) is 4.79 Å². The molecule has 2 aliphatic rings. The van der Waals surface area contributed by atoms with Gasteiger partial charge in [-0.25, -0.2) is 4.39 Å². The van der Waals surface area contributed by atoms with Gasteiger partial charge in [-0.1, -0.05) is 17.3 Å². The molecular formula is C16H16FN3O2. The molecule has 0 spiro atoms. The highest BCUT2D eigenvalue weighted by atomic mass is 19.1. The van der Waals surface area contributed by atoms with E-state index < -0.39 is 5.41 Å². The minimum absolute atomic E-state index is 0.0646. The molecule has 2 fully saturated rings. The molecule has 6 heteroatoms. The van der Waals surface area contributed by atoms with Gasteiger partial charge in [0.2, 0.25) is 11.8 Å². The lowest BCUT2D eigenvalue weighted by atomic mass is 9.95. The Morgan fingerprint density at radius 2 is 2.05 bits per heavy atom. The van der Waals surface area contributed by atoms with Crippen molar-refractivity contribution in [2.45, 2.75) is 43.6 Å². The number of hydrogen-bond donors (Lipinski definition) is 1. The molecule has 114 valence electrons. The molecule has 2 aliphatic carbocycles. The number of halogens is 1. The highest BCUT2D eigenvalue weighted by molar-refractivity contribution is 5.91. The van der Waals surface area contributed by atoms with E-state index >= 15 is 0 Å². The molecule has 0 aliphatic heterocycles. The molecule has 2 aromatic rings. The Kier molecular flexibility index (Phi) is 2.99. The van der Waals surface area contributed by atoms with Crippen molar-refractivity contribution in [2.75, 3.05) is 0 Å². The van der Waals surface area contributed by atoms with E-state index in [1.54, 1.807) is 12.1 Å². The molecule has 1 amide bonds. The highest BCUT2D eigenvalue weighted by Gasteiger charge is 2.51. The fourth-order valence-electron chi connectivity index (χ4n) is 2.71. The average Bonchev–Trinajstić information content (AvgIpc) is 3.45. The number of carbonyl (C=O) groups excluding carboxylic acids is 1. The number of amides is 1. The van der Waals surface area contributed by atoms with Crippen LogP contribution < -0.4 is 5.32 Å². The summed E-state index contributed by atoms with van der Waals surface area (Å²) in [5.41, 5.74) is 0.336. The molecule has 1 N–H and O–H groups in total. The molecule has 0 unspecified atom stereocenters. The zero-order valence-corrected chi connectivity index (χ0v) is 12.0. The van der Waals surface area contributed by atoms with Gasteiger partial charge >= 0.3 is 0 Å². The molecule has 0 radical (unpaired) electrons. The zero-order valence-electron chi connectivity index (χ0n) is 12.0. The summed E-state index contributed by atoms with van der Waals surface area (Å²) in [4.78, 5) is 16.7. The summed E-state index contributed by atoms with van der Waals surface area (Å²) in [6.07, 6.45) is 3.78. The van der Waals surface area contributed by atoms with Gasteiger partial charge < -0.3 is 9.84 Å². The third kappa shape index (κ3) is 2.38. The first-order valence-corrected chi connectivity index (χ1v) is 7.54. The summed E-state index contributed by atoms with van der Waals surface area (Å²) in [5, 5.41) is 6.78. The number of nitrogens with one attached hydrogen (secondary N) is 1. The number of nitrogens with zero attached hydrogens (tertiary/aromatic N) is 2. The number of hydrogen-bond acceptors (Lipinski definition) is 4. The molecule has 5 nitrogen and oxygen atoms in total. The van der Waals surface area contributed by atoms with Crippen LogP contribution in [0, 0.1) is 5.82 Å². The van der Waals surface area contributed by atoms with Gasteiger partial charge in [0.1, 0.15) is 5.82 Å². The summed E-state index contributed by atoms with van der Waals surface area (Å²) in [5.74, 6) is 1.25. The Balaban J connectivity index is 1.41. The van der Waals surface area contributed by atoms with Crippen molar-refractivity contribution in [1.82, 2.24) is 15.5 Å². The van der Waals surface area contributed by atoms with Crippen LogP contribution in [0.5, 0.6) is 0 Å². The van der Waals surface area contributed by atoms with E-state index in [0.717, 1.165) is 37.1 Å². The van der Waals surface area contributed by atoms with Crippen LogP contribution in [0.2, 0.25) is 0 Å². The normalized spacial score (nSPS) is 19.0. The first-order chi connectivity index (χ1) is 10.7. The van der Waals surface area contributed by atoms with Crippen molar-refractivity contribution in [1.29, 1.82) is 0 Å². The van der Waals surface area contributed by atoms with E-state index in [2.05, 4.69) is 15.5 Å². The predicted octanol–water partition coefficient (Wildman–Crippen LogP) is 2.43. The summed E-state index contributed by atoms with van der Waals surface area (Å²) in [6, 6.07) is 6.14. The van der Waals surface area contributed by atoms with Crippen molar-refractivity contribution in [2.24, 2.45) is 0 Å². The summed E-state index contributed by atoms with van der Waals surface area (Å²) >= 11 is 0. The Morgan fingerprint density at radius 3 is 2.68 bits per heavy atom. The fourth-order valence-corrected chi connectivity index (χ4v) is 2.71. The van der Waals surface area contributed by atoms with Crippen molar-refractivity contribution in [3.8, 4) is 0 Å². The average molecular weight is 301 g/mol. The second-order valence-electron chi connectivity index (χ2n) is 6.09. The van der Waals surface area contributed by atoms with Crippen LogP contribution in [0.25, 0.3) is 0 Å². The zero-order chi connectivity index (χ0) is 15.2. The molecule has 0 atom stereocenters. The Labute approximate surface area is 126 Å². The molecule has 1 aromatic carbocycles. The van der Waals surface area contributed by atoms with Crippen molar-refractivity contribution in [3.05, 3.63) is 47.4 Å². The second-order valence-corrected chi connectivity index (χ2v) is 6.09. The summed E-state index contributed by atoms with van der Waals surface area (Å²) in [6.45, 7) is 0.238. The lowest BCUT2D eigenvalue weighted by Gasteiger charge is -2.14. The SMILES string of the molecule is O=C(NCc1nc(C2CC2)no1)C1(c2ccc(F)cc2)CC1. The van der Waals surface area contributed by atoms with E-state index in [-0.39, 0.29) is 18.3 Å². The van der Waals surface area contributed by atoms with Crippen LogP contribution in [0.15, 0.2) is 28.8 Å². The van der Waals surface area contributed by atoms with Crippen LogP contribution in [0.3, 0.4) is 0 Å². The van der Waals surface area contributed by atoms with E-state index in [0.29, 0.717) is 11.8 Å². The maximum Gasteiger partial charge on any atom is 0.246 e. The number of carbonyl (C=O) groups is 1. The van der Waals surface area contributed by atoms with Crippen molar-refractivity contribution in [3.63, 3.8) is 0 Å².